The molecule has 1 amide bonds. The fourth-order valence-corrected chi connectivity index (χ4v) is 3.67. The van der Waals surface area contributed by atoms with Gasteiger partial charge in [0.15, 0.2) is 0 Å². The number of pyridine rings is 1. The quantitative estimate of drug-likeness (QED) is 0.570. The summed E-state index contributed by atoms with van der Waals surface area (Å²) in [5.74, 6) is 1.69. The molecular formula is C23H23N5O. The molecular weight excluding hydrogens is 362 g/mol. The number of nitrogens with one attached hydrogen (secondary N) is 1. The highest BCUT2D eigenvalue weighted by atomic mass is 16.1. The SMILES string of the molecule is CN(Cc1nc2ccccc2n1C)c1cc(C(=O)NC2CC2)c2ccccc2n1. The number of hydrogen-bond donors (Lipinski definition) is 1. The predicted molar refractivity (Wildman–Crippen MR) is 115 cm³/mol. The van der Waals surface area contributed by atoms with Gasteiger partial charge >= 0.3 is 0 Å². The number of anilines is 1. The molecule has 5 rings (SSSR count). The summed E-state index contributed by atoms with van der Waals surface area (Å²) in [6.45, 7) is 0.597. The van der Waals surface area contributed by atoms with Crippen molar-refractivity contribution in [2.75, 3.05) is 11.9 Å². The van der Waals surface area contributed by atoms with Crippen molar-refractivity contribution in [1.29, 1.82) is 0 Å². The summed E-state index contributed by atoms with van der Waals surface area (Å²) in [5, 5.41) is 3.98. The second-order valence-electron chi connectivity index (χ2n) is 7.72. The van der Waals surface area contributed by atoms with Crippen molar-refractivity contribution in [3.8, 4) is 0 Å². The van der Waals surface area contributed by atoms with Crippen LogP contribution in [0.1, 0.15) is 29.0 Å². The maximum atomic E-state index is 12.8. The van der Waals surface area contributed by atoms with E-state index in [2.05, 4.69) is 16.0 Å². The van der Waals surface area contributed by atoms with Gasteiger partial charge in [-0.3, -0.25) is 4.79 Å². The molecule has 6 heteroatoms. The minimum Gasteiger partial charge on any atom is -0.352 e. The highest BCUT2D eigenvalue weighted by Crippen LogP contribution is 2.26. The molecule has 2 aromatic heterocycles. The zero-order chi connectivity index (χ0) is 20.0. The monoisotopic (exact) mass is 385 g/mol. The Morgan fingerprint density at radius 2 is 1.83 bits per heavy atom. The van der Waals surface area contributed by atoms with Crippen LogP contribution in [-0.2, 0) is 13.6 Å². The van der Waals surface area contributed by atoms with E-state index in [0.29, 0.717) is 18.2 Å². The summed E-state index contributed by atoms with van der Waals surface area (Å²) in [6, 6.07) is 18.1. The highest BCUT2D eigenvalue weighted by Gasteiger charge is 2.25. The molecule has 1 aliphatic carbocycles. The third-order valence-electron chi connectivity index (χ3n) is 5.51. The Kier molecular flexibility index (Phi) is 4.19. The van der Waals surface area contributed by atoms with Crippen molar-refractivity contribution in [3.63, 3.8) is 0 Å². The van der Waals surface area contributed by atoms with Crippen molar-refractivity contribution in [1.82, 2.24) is 19.9 Å². The maximum Gasteiger partial charge on any atom is 0.252 e. The average molecular weight is 385 g/mol. The standard InChI is InChI=1S/C23H23N5O/c1-27(14-22-26-19-9-5-6-10-20(19)28(22)2)21-13-17(23(29)24-15-11-12-15)16-7-3-4-8-18(16)25-21/h3-10,13,15H,11-12,14H2,1-2H3,(H,24,29). The number of para-hydroxylation sites is 3. The lowest BCUT2D eigenvalue weighted by atomic mass is 10.1. The molecule has 0 saturated heterocycles. The van der Waals surface area contributed by atoms with E-state index >= 15 is 0 Å². The molecule has 0 unspecified atom stereocenters. The van der Waals surface area contributed by atoms with E-state index in [1.54, 1.807) is 0 Å². The normalized spacial score (nSPS) is 13.7. The summed E-state index contributed by atoms with van der Waals surface area (Å²) in [5.41, 5.74) is 3.58. The van der Waals surface area contributed by atoms with E-state index in [4.69, 9.17) is 9.97 Å². The molecule has 2 heterocycles. The molecule has 2 aromatic carbocycles. The van der Waals surface area contributed by atoms with Gasteiger partial charge in [0.05, 0.1) is 28.7 Å². The van der Waals surface area contributed by atoms with Crippen LogP contribution in [0.25, 0.3) is 21.9 Å². The van der Waals surface area contributed by atoms with Crippen molar-refractivity contribution in [2.24, 2.45) is 7.05 Å². The van der Waals surface area contributed by atoms with Crippen LogP contribution in [0.5, 0.6) is 0 Å². The van der Waals surface area contributed by atoms with Crippen LogP contribution in [0.2, 0.25) is 0 Å². The zero-order valence-corrected chi connectivity index (χ0v) is 16.6. The van der Waals surface area contributed by atoms with E-state index in [1.165, 1.54) is 0 Å². The lowest BCUT2D eigenvalue weighted by molar-refractivity contribution is 0.0952. The number of amides is 1. The highest BCUT2D eigenvalue weighted by molar-refractivity contribution is 6.07. The molecule has 4 aromatic rings. The third-order valence-corrected chi connectivity index (χ3v) is 5.51. The van der Waals surface area contributed by atoms with Gasteiger partial charge in [0.2, 0.25) is 0 Å². The fraction of sp³-hybridized carbons (Fsp3) is 0.261. The maximum absolute atomic E-state index is 12.8. The number of aromatic nitrogens is 3. The van der Waals surface area contributed by atoms with E-state index < -0.39 is 0 Å². The molecule has 1 saturated carbocycles. The molecule has 0 spiro atoms. The number of nitrogens with zero attached hydrogens (tertiary/aromatic N) is 4. The van der Waals surface area contributed by atoms with Gasteiger partial charge in [-0.1, -0.05) is 30.3 Å². The minimum absolute atomic E-state index is 0.0246. The fourth-order valence-electron chi connectivity index (χ4n) is 3.67. The molecule has 1 N–H and O–H groups in total. The van der Waals surface area contributed by atoms with Gasteiger partial charge < -0.3 is 14.8 Å². The van der Waals surface area contributed by atoms with Gasteiger partial charge in [0.25, 0.3) is 5.91 Å². The van der Waals surface area contributed by atoms with Gasteiger partial charge in [-0.15, -0.1) is 0 Å². The molecule has 0 radical (unpaired) electrons. The Balaban J connectivity index is 1.51. The molecule has 6 nitrogen and oxygen atoms in total. The van der Waals surface area contributed by atoms with Crippen LogP contribution in [0.15, 0.2) is 54.6 Å². The summed E-state index contributed by atoms with van der Waals surface area (Å²) in [7, 11) is 4.01. The molecule has 1 aliphatic rings. The van der Waals surface area contributed by atoms with Crippen LogP contribution in [0.4, 0.5) is 5.82 Å². The number of benzene rings is 2. The number of rotatable bonds is 5. The number of carbonyl (C=O) groups is 1. The van der Waals surface area contributed by atoms with Crippen LogP contribution in [-0.4, -0.2) is 33.5 Å². The molecule has 0 atom stereocenters. The number of imidazole rings is 1. The Morgan fingerprint density at radius 1 is 1.10 bits per heavy atom. The largest absolute Gasteiger partial charge is 0.352 e. The summed E-state index contributed by atoms with van der Waals surface area (Å²) < 4.78 is 2.10. The summed E-state index contributed by atoms with van der Waals surface area (Å²) in [4.78, 5) is 24.4. The van der Waals surface area contributed by atoms with Gasteiger partial charge in [-0.25, -0.2) is 9.97 Å². The van der Waals surface area contributed by atoms with Crippen LogP contribution in [0, 0.1) is 0 Å². The first-order chi connectivity index (χ1) is 14.1. The Bertz CT molecular complexity index is 1220. The van der Waals surface area contributed by atoms with Gasteiger partial charge in [0.1, 0.15) is 11.6 Å². The topological polar surface area (TPSA) is 63.1 Å². The lowest BCUT2D eigenvalue weighted by Crippen LogP contribution is -2.26. The van der Waals surface area contributed by atoms with Crippen molar-refractivity contribution in [3.05, 3.63) is 66.0 Å². The second kappa shape index (κ2) is 6.88. The lowest BCUT2D eigenvalue weighted by Gasteiger charge is -2.20. The third kappa shape index (κ3) is 3.31. The zero-order valence-electron chi connectivity index (χ0n) is 16.6. The molecule has 146 valence electrons. The Hall–Kier alpha value is -3.41. The molecule has 0 bridgehead atoms. The van der Waals surface area contributed by atoms with Gasteiger partial charge in [-0.2, -0.15) is 0 Å². The van der Waals surface area contributed by atoms with Crippen LogP contribution in [0.3, 0.4) is 0 Å². The second-order valence-corrected chi connectivity index (χ2v) is 7.72. The number of aryl methyl sites for hydroxylation is 1. The summed E-state index contributed by atoms with van der Waals surface area (Å²) in [6.07, 6.45) is 2.13. The van der Waals surface area contributed by atoms with Crippen molar-refractivity contribution < 1.29 is 4.79 Å². The molecule has 1 fully saturated rings. The first kappa shape index (κ1) is 17.7. The van der Waals surface area contributed by atoms with Crippen LogP contribution >= 0.6 is 0 Å². The smallest absolute Gasteiger partial charge is 0.252 e. The number of carbonyl (C=O) groups excluding carboxylic acids is 1. The van der Waals surface area contributed by atoms with Gasteiger partial charge in [0, 0.05) is 25.5 Å². The first-order valence-corrected chi connectivity index (χ1v) is 9.92. The first-order valence-electron chi connectivity index (χ1n) is 9.92. The van der Waals surface area contributed by atoms with E-state index in [1.807, 2.05) is 67.5 Å². The predicted octanol–water partition coefficient (Wildman–Crippen LogP) is 3.65. The van der Waals surface area contributed by atoms with E-state index in [0.717, 1.165) is 46.4 Å². The van der Waals surface area contributed by atoms with Gasteiger partial charge in [-0.05, 0) is 37.1 Å². The molecule has 0 aliphatic heterocycles. The minimum atomic E-state index is -0.0246. The Labute approximate surface area is 169 Å². The Morgan fingerprint density at radius 3 is 2.59 bits per heavy atom. The van der Waals surface area contributed by atoms with Crippen molar-refractivity contribution >= 4 is 33.7 Å². The van der Waals surface area contributed by atoms with Crippen molar-refractivity contribution in [2.45, 2.75) is 25.4 Å². The summed E-state index contributed by atoms with van der Waals surface area (Å²) >= 11 is 0. The van der Waals surface area contributed by atoms with Crippen LogP contribution < -0.4 is 10.2 Å². The number of fused-ring (bicyclic) bond motifs is 2. The molecule has 29 heavy (non-hydrogen) atoms. The average Bonchev–Trinajstić information content (AvgIpc) is 3.50. The van der Waals surface area contributed by atoms with E-state index in [9.17, 15) is 4.79 Å². The van der Waals surface area contributed by atoms with E-state index in [-0.39, 0.29) is 5.91 Å². The number of hydrogen-bond acceptors (Lipinski definition) is 4.